The molecule has 0 spiro atoms. The third-order valence-corrected chi connectivity index (χ3v) is 4.50. The fraction of sp³-hybridized carbons (Fsp3) is 0.263. The van der Waals surface area contributed by atoms with Gasteiger partial charge in [0.1, 0.15) is 0 Å². The second kappa shape index (κ2) is 5.63. The van der Waals surface area contributed by atoms with Gasteiger partial charge in [-0.2, -0.15) is 0 Å². The monoisotopic (exact) mass is 307 g/mol. The zero-order valence-electron chi connectivity index (χ0n) is 12.7. The van der Waals surface area contributed by atoms with Gasteiger partial charge in [0.2, 0.25) is 0 Å². The van der Waals surface area contributed by atoms with Crippen molar-refractivity contribution in [3.05, 3.63) is 64.7 Å². The highest BCUT2D eigenvalue weighted by Crippen LogP contribution is 2.32. The number of benzene rings is 2. The van der Waals surface area contributed by atoms with Gasteiger partial charge in [0.15, 0.2) is 11.6 Å². The van der Waals surface area contributed by atoms with Gasteiger partial charge in [0, 0.05) is 35.5 Å². The number of anilines is 1. The SMILES string of the molecule is O=C1c2ccccc2C(=O)c2c(NCC3CCCO3)cccc21. The van der Waals surface area contributed by atoms with E-state index in [1.54, 1.807) is 30.3 Å². The summed E-state index contributed by atoms with van der Waals surface area (Å²) in [6, 6.07) is 12.4. The molecule has 1 atom stereocenters. The van der Waals surface area contributed by atoms with Crippen LogP contribution in [0.4, 0.5) is 5.69 Å². The number of hydrogen-bond donors (Lipinski definition) is 1. The molecule has 0 amide bonds. The largest absolute Gasteiger partial charge is 0.382 e. The number of rotatable bonds is 3. The fourth-order valence-corrected chi connectivity index (χ4v) is 3.32. The summed E-state index contributed by atoms with van der Waals surface area (Å²) in [6.45, 7) is 1.45. The summed E-state index contributed by atoms with van der Waals surface area (Å²) in [5, 5.41) is 3.30. The number of carbonyl (C=O) groups excluding carboxylic acids is 2. The zero-order valence-corrected chi connectivity index (χ0v) is 12.7. The average molecular weight is 307 g/mol. The number of fused-ring (bicyclic) bond motifs is 2. The number of carbonyl (C=O) groups is 2. The Labute approximate surface area is 134 Å². The van der Waals surface area contributed by atoms with Crippen molar-refractivity contribution >= 4 is 17.3 Å². The van der Waals surface area contributed by atoms with E-state index in [-0.39, 0.29) is 17.7 Å². The first kappa shape index (κ1) is 14.2. The Morgan fingerprint density at radius 1 is 0.957 bits per heavy atom. The van der Waals surface area contributed by atoms with Crippen LogP contribution in [-0.2, 0) is 4.74 Å². The van der Waals surface area contributed by atoms with E-state index in [4.69, 9.17) is 4.74 Å². The molecule has 1 saturated heterocycles. The molecule has 1 unspecified atom stereocenters. The summed E-state index contributed by atoms with van der Waals surface area (Å²) in [7, 11) is 0. The van der Waals surface area contributed by atoms with Crippen molar-refractivity contribution in [3.63, 3.8) is 0 Å². The predicted octanol–water partition coefficient (Wildman–Crippen LogP) is 3.05. The van der Waals surface area contributed by atoms with Crippen LogP contribution in [0.5, 0.6) is 0 Å². The molecule has 1 heterocycles. The second-order valence-electron chi connectivity index (χ2n) is 5.95. The Balaban J connectivity index is 1.71. The number of hydrogen-bond acceptors (Lipinski definition) is 4. The number of ether oxygens (including phenoxy) is 1. The first-order chi connectivity index (χ1) is 11.3. The Kier molecular flexibility index (Phi) is 3.46. The number of ketones is 2. The summed E-state index contributed by atoms with van der Waals surface area (Å²) in [4.78, 5) is 25.5. The summed E-state index contributed by atoms with van der Waals surface area (Å²) in [6.07, 6.45) is 2.27. The van der Waals surface area contributed by atoms with Crippen LogP contribution in [0.3, 0.4) is 0 Å². The number of nitrogens with one attached hydrogen (secondary N) is 1. The van der Waals surface area contributed by atoms with E-state index in [0.29, 0.717) is 34.5 Å². The smallest absolute Gasteiger partial charge is 0.196 e. The maximum Gasteiger partial charge on any atom is 0.196 e. The van der Waals surface area contributed by atoms with Crippen LogP contribution in [0.15, 0.2) is 42.5 Å². The molecular formula is C19H17NO3. The lowest BCUT2D eigenvalue weighted by atomic mass is 9.83. The minimum absolute atomic E-state index is 0.0871. The van der Waals surface area contributed by atoms with Crippen molar-refractivity contribution in [2.75, 3.05) is 18.5 Å². The van der Waals surface area contributed by atoms with Gasteiger partial charge in [0.25, 0.3) is 0 Å². The van der Waals surface area contributed by atoms with E-state index in [9.17, 15) is 9.59 Å². The van der Waals surface area contributed by atoms with E-state index < -0.39 is 0 Å². The molecule has 0 saturated carbocycles. The Hall–Kier alpha value is -2.46. The molecule has 2 aromatic rings. The van der Waals surface area contributed by atoms with Crippen molar-refractivity contribution in [1.82, 2.24) is 0 Å². The van der Waals surface area contributed by atoms with Gasteiger partial charge in [-0.25, -0.2) is 0 Å². The molecule has 1 fully saturated rings. The predicted molar refractivity (Wildman–Crippen MR) is 87.2 cm³/mol. The minimum Gasteiger partial charge on any atom is -0.382 e. The van der Waals surface area contributed by atoms with Crippen molar-refractivity contribution < 1.29 is 14.3 Å². The molecule has 1 aliphatic heterocycles. The lowest BCUT2D eigenvalue weighted by Gasteiger charge is -2.21. The van der Waals surface area contributed by atoms with Gasteiger partial charge in [-0.15, -0.1) is 0 Å². The van der Waals surface area contributed by atoms with Crippen LogP contribution >= 0.6 is 0 Å². The molecule has 2 aromatic carbocycles. The normalized spacial score (nSPS) is 19.4. The molecule has 116 valence electrons. The molecule has 1 aliphatic carbocycles. The van der Waals surface area contributed by atoms with E-state index in [0.717, 1.165) is 19.4 Å². The molecular weight excluding hydrogens is 290 g/mol. The molecule has 0 aromatic heterocycles. The third kappa shape index (κ3) is 2.35. The summed E-state index contributed by atoms with van der Waals surface area (Å²) < 4.78 is 5.61. The van der Waals surface area contributed by atoms with Crippen molar-refractivity contribution in [3.8, 4) is 0 Å². The fourth-order valence-electron chi connectivity index (χ4n) is 3.32. The summed E-state index contributed by atoms with van der Waals surface area (Å²) >= 11 is 0. The van der Waals surface area contributed by atoms with Gasteiger partial charge < -0.3 is 10.1 Å². The van der Waals surface area contributed by atoms with E-state index in [1.807, 2.05) is 12.1 Å². The van der Waals surface area contributed by atoms with E-state index in [2.05, 4.69) is 5.32 Å². The van der Waals surface area contributed by atoms with Crippen molar-refractivity contribution in [1.29, 1.82) is 0 Å². The van der Waals surface area contributed by atoms with Crippen molar-refractivity contribution in [2.24, 2.45) is 0 Å². The highest BCUT2D eigenvalue weighted by atomic mass is 16.5. The molecule has 0 radical (unpaired) electrons. The molecule has 4 nitrogen and oxygen atoms in total. The van der Waals surface area contributed by atoms with Crippen LogP contribution in [0, 0.1) is 0 Å². The van der Waals surface area contributed by atoms with E-state index in [1.165, 1.54) is 0 Å². The quantitative estimate of drug-likeness (QED) is 0.808. The van der Waals surface area contributed by atoms with Crippen LogP contribution in [0.2, 0.25) is 0 Å². The Morgan fingerprint density at radius 3 is 2.43 bits per heavy atom. The van der Waals surface area contributed by atoms with Gasteiger partial charge >= 0.3 is 0 Å². The summed E-state index contributed by atoms with van der Waals surface area (Å²) in [5.74, 6) is -0.179. The second-order valence-corrected chi connectivity index (χ2v) is 5.95. The molecule has 0 bridgehead atoms. The minimum atomic E-state index is -0.0920. The highest BCUT2D eigenvalue weighted by molar-refractivity contribution is 6.30. The van der Waals surface area contributed by atoms with Gasteiger partial charge in [-0.3, -0.25) is 9.59 Å². The van der Waals surface area contributed by atoms with E-state index >= 15 is 0 Å². The first-order valence-electron chi connectivity index (χ1n) is 7.92. The Bertz CT molecular complexity index is 791. The molecule has 1 N–H and O–H groups in total. The topological polar surface area (TPSA) is 55.4 Å². The highest BCUT2D eigenvalue weighted by Gasteiger charge is 2.31. The van der Waals surface area contributed by atoms with Crippen LogP contribution in [0.25, 0.3) is 0 Å². The van der Waals surface area contributed by atoms with Crippen molar-refractivity contribution in [2.45, 2.75) is 18.9 Å². The maximum atomic E-state index is 12.8. The zero-order chi connectivity index (χ0) is 15.8. The average Bonchev–Trinajstić information content (AvgIpc) is 3.11. The van der Waals surface area contributed by atoms with Crippen LogP contribution < -0.4 is 5.32 Å². The van der Waals surface area contributed by atoms with Crippen LogP contribution in [0.1, 0.15) is 44.7 Å². The Morgan fingerprint density at radius 2 is 1.70 bits per heavy atom. The maximum absolute atomic E-state index is 12.8. The lowest BCUT2D eigenvalue weighted by molar-refractivity contribution is 0.0979. The van der Waals surface area contributed by atoms with Gasteiger partial charge in [-0.1, -0.05) is 36.4 Å². The van der Waals surface area contributed by atoms with Gasteiger partial charge in [0.05, 0.1) is 11.7 Å². The first-order valence-corrected chi connectivity index (χ1v) is 7.92. The third-order valence-electron chi connectivity index (χ3n) is 4.50. The van der Waals surface area contributed by atoms with Gasteiger partial charge in [-0.05, 0) is 18.9 Å². The lowest BCUT2D eigenvalue weighted by Crippen LogP contribution is -2.24. The standard InChI is InChI=1S/C19H17NO3/c21-18-13-6-1-2-7-14(13)19(22)17-15(18)8-3-9-16(17)20-11-12-5-4-10-23-12/h1-3,6-9,12,20H,4-5,10-11H2. The molecule has 4 heteroatoms. The molecule has 4 rings (SSSR count). The molecule has 23 heavy (non-hydrogen) atoms. The summed E-state index contributed by atoms with van der Waals surface area (Å²) in [5.41, 5.74) is 2.64. The van der Waals surface area contributed by atoms with Crippen LogP contribution in [-0.4, -0.2) is 30.8 Å². The molecule has 2 aliphatic rings.